The van der Waals surface area contributed by atoms with Crippen molar-refractivity contribution in [1.82, 2.24) is 31.3 Å². The van der Waals surface area contributed by atoms with Crippen LogP contribution in [0.5, 0.6) is 0 Å². The van der Waals surface area contributed by atoms with Crippen molar-refractivity contribution >= 4 is 5.91 Å². The molecule has 1 aliphatic rings. The van der Waals surface area contributed by atoms with Crippen LogP contribution in [0.3, 0.4) is 0 Å². The van der Waals surface area contributed by atoms with E-state index in [1.165, 1.54) is 0 Å². The second-order valence-corrected chi connectivity index (χ2v) is 6.73. The second kappa shape index (κ2) is 7.26. The van der Waals surface area contributed by atoms with Crippen LogP contribution in [0.25, 0.3) is 22.5 Å². The third-order valence-corrected chi connectivity index (χ3v) is 4.75. The number of rotatable bonds is 5. The van der Waals surface area contributed by atoms with Crippen molar-refractivity contribution in [3.8, 4) is 22.5 Å². The van der Waals surface area contributed by atoms with Crippen molar-refractivity contribution in [3.05, 3.63) is 54.1 Å². The van der Waals surface area contributed by atoms with Gasteiger partial charge in [0, 0.05) is 24.2 Å². The van der Waals surface area contributed by atoms with Crippen LogP contribution in [0.4, 0.5) is 0 Å². The lowest BCUT2D eigenvalue weighted by molar-refractivity contribution is 0.0562. The van der Waals surface area contributed by atoms with E-state index in [-0.39, 0.29) is 12.5 Å². The highest BCUT2D eigenvalue weighted by Crippen LogP contribution is 2.23. The monoisotopic (exact) mass is 364 g/mol. The van der Waals surface area contributed by atoms with Gasteiger partial charge < -0.3 is 15.7 Å². The summed E-state index contributed by atoms with van der Waals surface area (Å²) in [4.78, 5) is 12.5. The summed E-state index contributed by atoms with van der Waals surface area (Å²) in [5, 5.41) is 30.2. The molecule has 0 radical (unpaired) electrons. The van der Waals surface area contributed by atoms with E-state index in [0.717, 1.165) is 23.2 Å². The topological polar surface area (TPSA) is 116 Å². The molecule has 0 aliphatic carbocycles. The Labute approximate surface area is 156 Å². The highest BCUT2D eigenvalue weighted by molar-refractivity contribution is 5.95. The fourth-order valence-corrected chi connectivity index (χ4v) is 3.16. The molecule has 1 fully saturated rings. The van der Waals surface area contributed by atoms with Crippen molar-refractivity contribution in [2.45, 2.75) is 12.0 Å². The predicted octanol–water partition coefficient (Wildman–Crippen LogP) is 0.988. The van der Waals surface area contributed by atoms with Gasteiger partial charge in [0.25, 0.3) is 5.91 Å². The van der Waals surface area contributed by atoms with E-state index >= 15 is 0 Å². The van der Waals surface area contributed by atoms with Gasteiger partial charge in [0.1, 0.15) is 0 Å². The number of hydrogen-bond acceptors (Lipinski definition) is 6. The molecule has 8 heteroatoms. The van der Waals surface area contributed by atoms with Crippen LogP contribution in [0.2, 0.25) is 0 Å². The van der Waals surface area contributed by atoms with Crippen molar-refractivity contribution in [3.63, 3.8) is 0 Å². The first-order valence-corrected chi connectivity index (χ1v) is 8.79. The van der Waals surface area contributed by atoms with Crippen LogP contribution in [0, 0.1) is 0 Å². The zero-order valence-electron chi connectivity index (χ0n) is 14.6. The maximum Gasteiger partial charge on any atom is 0.251 e. The average molecular weight is 364 g/mol. The van der Waals surface area contributed by atoms with Gasteiger partial charge in [-0.25, -0.2) is 0 Å². The smallest absolute Gasteiger partial charge is 0.251 e. The van der Waals surface area contributed by atoms with E-state index in [4.69, 9.17) is 0 Å². The number of hydrogen-bond donors (Lipinski definition) is 4. The lowest BCUT2D eigenvalue weighted by atomic mass is 10.0. The molecule has 1 saturated heterocycles. The van der Waals surface area contributed by atoms with Crippen molar-refractivity contribution in [1.29, 1.82) is 0 Å². The summed E-state index contributed by atoms with van der Waals surface area (Å²) >= 11 is 0. The van der Waals surface area contributed by atoms with Crippen LogP contribution in [-0.4, -0.2) is 56.9 Å². The van der Waals surface area contributed by atoms with Crippen molar-refractivity contribution < 1.29 is 9.90 Å². The summed E-state index contributed by atoms with van der Waals surface area (Å²) in [6.45, 7) is 1.50. The molecule has 1 aromatic heterocycles. The van der Waals surface area contributed by atoms with Gasteiger partial charge >= 0.3 is 0 Å². The van der Waals surface area contributed by atoms with E-state index in [2.05, 4.69) is 31.3 Å². The number of carbonyl (C=O) groups excluding carboxylic acids is 1. The summed E-state index contributed by atoms with van der Waals surface area (Å²) < 4.78 is 0. The maximum atomic E-state index is 12.5. The molecule has 4 rings (SSSR count). The number of H-pyrrole nitrogens is 1. The summed E-state index contributed by atoms with van der Waals surface area (Å²) in [5.74, 6) is 0.342. The molecule has 0 saturated carbocycles. The van der Waals surface area contributed by atoms with E-state index < -0.39 is 5.60 Å². The van der Waals surface area contributed by atoms with Crippen LogP contribution in [0.1, 0.15) is 16.8 Å². The molecule has 0 unspecified atom stereocenters. The second-order valence-electron chi connectivity index (χ2n) is 6.73. The Balaban J connectivity index is 1.47. The Morgan fingerprint density at radius 2 is 1.96 bits per heavy atom. The SMILES string of the molecule is O=C(NC[C@@]1(O)CCNC1)c1cccc(-c2ccc(-c3nn[nH]n3)cc2)c1. The largest absolute Gasteiger partial charge is 0.387 e. The highest BCUT2D eigenvalue weighted by Gasteiger charge is 2.31. The quantitative estimate of drug-likeness (QED) is 0.537. The molecule has 27 heavy (non-hydrogen) atoms. The van der Waals surface area contributed by atoms with Gasteiger partial charge in [-0.05, 0) is 41.4 Å². The molecule has 0 spiro atoms. The molecule has 2 aromatic carbocycles. The molecule has 3 aromatic rings. The zero-order valence-corrected chi connectivity index (χ0v) is 14.6. The number of aromatic nitrogens is 4. The normalized spacial score (nSPS) is 19.1. The number of nitrogens with zero attached hydrogens (tertiary/aromatic N) is 3. The van der Waals surface area contributed by atoms with Gasteiger partial charge in [-0.3, -0.25) is 4.79 Å². The number of benzene rings is 2. The number of amides is 1. The van der Waals surface area contributed by atoms with Gasteiger partial charge in [0.2, 0.25) is 5.82 Å². The zero-order chi connectivity index (χ0) is 18.7. The number of nitrogens with one attached hydrogen (secondary N) is 3. The van der Waals surface area contributed by atoms with Crippen LogP contribution >= 0.6 is 0 Å². The summed E-state index contributed by atoms with van der Waals surface area (Å²) in [6.07, 6.45) is 0.639. The lowest BCUT2D eigenvalue weighted by Gasteiger charge is -2.21. The Bertz CT molecular complexity index is 918. The van der Waals surface area contributed by atoms with Crippen LogP contribution < -0.4 is 10.6 Å². The Morgan fingerprint density at radius 3 is 2.67 bits per heavy atom. The van der Waals surface area contributed by atoms with E-state index in [1.54, 1.807) is 6.07 Å². The molecule has 2 heterocycles. The molecule has 1 aliphatic heterocycles. The Kier molecular flexibility index (Phi) is 4.66. The standard InChI is InChI=1S/C19H20N6O2/c26-18(21-12-19(27)8-9-20-11-19)16-3-1-2-15(10-16)13-4-6-14(7-5-13)17-22-24-25-23-17/h1-7,10,20,27H,8-9,11-12H2,(H,21,26)(H,22,23,24,25)/t19-/m1/s1. The minimum absolute atomic E-state index is 0.194. The fraction of sp³-hybridized carbons (Fsp3) is 0.263. The number of carbonyl (C=O) groups is 1. The van der Waals surface area contributed by atoms with Gasteiger partial charge in [-0.1, -0.05) is 36.4 Å². The molecular weight excluding hydrogens is 344 g/mol. The summed E-state index contributed by atoms with van der Waals surface area (Å²) in [5.41, 5.74) is 2.47. The van der Waals surface area contributed by atoms with Crippen molar-refractivity contribution in [2.75, 3.05) is 19.6 Å². The Hall–Kier alpha value is -3.10. The van der Waals surface area contributed by atoms with E-state index in [0.29, 0.717) is 24.4 Å². The molecule has 4 N–H and O–H groups in total. The minimum atomic E-state index is -0.863. The Morgan fingerprint density at radius 1 is 1.15 bits per heavy atom. The third kappa shape index (κ3) is 3.86. The van der Waals surface area contributed by atoms with Gasteiger partial charge in [-0.15, -0.1) is 10.2 Å². The molecule has 8 nitrogen and oxygen atoms in total. The molecule has 138 valence electrons. The number of tetrazole rings is 1. The number of β-amino-alcohol motifs (C(OH)–C–C–N with tert-alkyl or cyclic N) is 1. The predicted molar refractivity (Wildman–Crippen MR) is 99.8 cm³/mol. The highest BCUT2D eigenvalue weighted by atomic mass is 16.3. The van der Waals surface area contributed by atoms with Crippen LogP contribution in [-0.2, 0) is 0 Å². The summed E-state index contributed by atoms with van der Waals surface area (Å²) in [6, 6.07) is 15.1. The maximum absolute atomic E-state index is 12.5. The first-order valence-electron chi connectivity index (χ1n) is 8.79. The lowest BCUT2D eigenvalue weighted by Crippen LogP contribution is -2.44. The molecule has 0 bridgehead atoms. The third-order valence-electron chi connectivity index (χ3n) is 4.75. The number of aliphatic hydroxyl groups is 1. The summed E-state index contributed by atoms with van der Waals surface area (Å²) in [7, 11) is 0. The van der Waals surface area contributed by atoms with Gasteiger partial charge in [0.15, 0.2) is 0 Å². The number of aromatic amines is 1. The van der Waals surface area contributed by atoms with Gasteiger partial charge in [-0.2, -0.15) is 5.21 Å². The average Bonchev–Trinajstić information content (AvgIpc) is 3.39. The molecule has 1 amide bonds. The van der Waals surface area contributed by atoms with Crippen LogP contribution in [0.15, 0.2) is 48.5 Å². The molecule has 1 atom stereocenters. The van der Waals surface area contributed by atoms with E-state index in [9.17, 15) is 9.90 Å². The van der Waals surface area contributed by atoms with E-state index in [1.807, 2.05) is 42.5 Å². The molecular formula is C19H20N6O2. The van der Waals surface area contributed by atoms with Crippen molar-refractivity contribution in [2.24, 2.45) is 0 Å². The first kappa shape index (κ1) is 17.3. The van der Waals surface area contributed by atoms with Gasteiger partial charge in [0.05, 0.1) is 5.60 Å². The minimum Gasteiger partial charge on any atom is -0.387 e. The fourth-order valence-electron chi connectivity index (χ4n) is 3.16. The first-order chi connectivity index (χ1) is 13.1.